The maximum Gasteiger partial charge on any atom is 0.249 e. The van der Waals surface area contributed by atoms with Gasteiger partial charge in [0.05, 0.1) is 25.0 Å². The van der Waals surface area contributed by atoms with Gasteiger partial charge < -0.3 is 19.2 Å². The molecule has 4 rings (SSSR count). The molecule has 0 spiro atoms. The summed E-state index contributed by atoms with van der Waals surface area (Å²) in [6.07, 6.45) is 4.76. The Morgan fingerprint density at radius 2 is 2.06 bits per heavy atom. The summed E-state index contributed by atoms with van der Waals surface area (Å²) < 4.78 is 17.3. The molecular weight excluding hydrogens is 452 g/mol. The number of anilines is 1. The zero-order chi connectivity index (χ0) is 24.2. The smallest absolute Gasteiger partial charge is 0.249 e. The van der Waals surface area contributed by atoms with Gasteiger partial charge in [-0.15, -0.1) is 0 Å². The number of nitrogens with zero attached hydrogens (tertiary/aromatic N) is 1. The first kappa shape index (κ1) is 23.4. The average molecular weight is 477 g/mol. The van der Waals surface area contributed by atoms with Gasteiger partial charge in [-0.05, 0) is 62.2 Å². The number of halogens is 1. The summed E-state index contributed by atoms with van der Waals surface area (Å²) in [6, 6.07) is 13.1. The van der Waals surface area contributed by atoms with Gasteiger partial charge in [0.2, 0.25) is 5.91 Å². The van der Waals surface area contributed by atoms with Gasteiger partial charge in [-0.3, -0.25) is 4.79 Å². The van der Waals surface area contributed by atoms with Crippen molar-refractivity contribution >= 4 is 39.9 Å². The minimum Gasteiger partial charge on any atom is -0.497 e. The number of rotatable bonds is 7. The number of hydrogen-bond donors (Lipinski definition) is 1. The van der Waals surface area contributed by atoms with Crippen LogP contribution in [0.5, 0.6) is 11.5 Å². The molecule has 6 nitrogen and oxygen atoms in total. The molecule has 2 heterocycles. The van der Waals surface area contributed by atoms with E-state index in [2.05, 4.69) is 10.3 Å². The molecule has 34 heavy (non-hydrogen) atoms. The molecule has 2 aromatic heterocycles. The fraction of sp³-hybridized carbons (Fsp3) is 0.185. The van der Waals surface area contributed by atoms with E-state index in [1.807, 2.05) is 51.1 Å². The fourth-order valence-corrected chi connectivity index (χ4v) is 3.95. The van der Waals surface area contributed by atoms with Crippen LogP contribution in [-0.4, -0.2) is 24.6 Å². The first-order valence-electron chi connectivity index (χ1n) is 10.8. The first-order chi connectivity index (χ1) is 16.4. The lowest BCUT2D eigenvalue weighted by atomic mass is 9.96. The van der Waals surface area contributed by atoms with E-state index in [1.165, 1.54) is 12.3 Å². The van der Waals surface area contributed by atoms with Crippen molar-refractivity contribution in [1.82, 2.24) is 4.98 Å². The molecule has 4 aromatic rings. The maximum absolute atomic E-state index is 12.7. The Hall–Kier alpha value is -3.77. The highest BCUT2D eigenvalue weighted by molar-refractivity contribution is 6.30. The molecule has 0 fully saturated rings. The van der Waals surface area contributed by atoms with Gasteiger partial charge in [0, 0.05) is 34.3 Å². The Morgan fingerprint density at radius 3 is 2.76 bits per heavy atom. The maximum atomic E-state index is 12.7. The summed E-state index contributed by atoms with van der Waals surface area (Å²) in [7, 11) is 1.64. The highest BCUT2D eigenvalue weighted by Crippen LogP contribution is 2.41. The van der Waals surface area contributed by atoms with E-state index in [0.717, 1.165) is 44.5 Å². The van der Waals surface area contributed by atoms with Gasteiger partial charge in [0.25, 0.3) is 0 Å². The predicted octanol–water partition coefficient (Wildman–Crippen LogP) is 6.91. The van der Waals surface area contributed by atoms with Crippen molar-refractivity contribution in [2.24, 2.45) is 0 Å². The first-order valence-corrected chi connectivity index (χ1v) is 11.2. The summed E-state index contributed by atoms with van der Waals surface area (Å²) in [5, 5.41) is 4.19. The van der Waals surface area contributed by atoms with E-state index >= 15 is 0 Å². The van der Waals surface area contributed by atoms with Gasteiger partial charge >= 0.3 is 0 Å². The van der Waals surface area contributed by atoms with E-state index in [1.54, 1.807) is 25.5 Å². The second kappa shape index (κ2) is 10.0. The third-order valence-corrected chi connectivity index (χ3v) is 5.69. The van der Waals surface area contributed by atoms with Crippen LogP contribution in [0.3, 0.4) is 0 Å². The number of nitrogens with one attached hydrogen (secondary N) is 1. The highest BCUT2D eigenvalue weighted by Gasteiger charge is 2.19. The lowest BCUT2D eigenvalue weighted by Crippen LogP contribution is -2.10. The van der Waals surface area contributed by atoms with Gasteiger partial charge in [0.1, 0.15) is 22.9 Å². The zero-order valence-electron chi connectivity index (χ0n) is 19.4. The lowest BCUT2D eigenvalue weighted by molar-refractivity contribution is -0.111. The molecule has 7 heteroatoms. The van der Waals surface area contributed by atoms with E-state index in [9.17, 15) is 4.79 Å². The third kappa shape index (κ3) is 4.77. The summed E-state index contributed by atoms with van der Waals surface area (Å²) >= 11 is 5.87. The molecule has 0 aliphatic carbocycles. The van der Waals surface area contributed by atoms with Crippen LogP contribution in [0.1, 0.15) is 25.0 Å². The molecule has 0 aliphatic heterocycles. The summed E-state index contributed by atoms with van der Waals surface area (Å²) in [6.45, 7) is 6.25. The summed E-state index contributed by atoms with van der Waals surface area (Å²) in [5.74, 6) is 1.57. The molecule has 0 aliphatic rings. The van der Waals surface area contributed by atoms with Crippen molar-refractivity contribution < 1.29 is 18.7 Å². The van der Waals surface area contributed by atoms with E-state index in [-0.39, 0.29) is 5.91 Å². The Labute approximate surface area is 203 Å². The minimum absolute atomic E-state index is 0.298. The van der Waals surface area contributed by atoms with Crippen molar-refractivity contribution in [3.63, 3.8) is 0 Å². The Bertz CT molecular complexity index is 1370. The monoisotopic (exact) mass is 476 g/mol. The molecule has 0 saturated carbocycles. The van der Waals surface area contributed by atoms with Crippen LogP contribution >= 0.6 is 11.6 Å². The number of methoxy groups -OCH3 is 1. The molecule has 0 radical (unpaired) electrons. The van der Waals surface area contributed by atoms with Crippen LogP contribution in [-0.2, 0) is 4.79 Å². The molecule has 1 amide bonds. The number of hydrogen-bond acceptors (Lipinski definition) is 5. The molecule has 1 N–H and O–H groups in total. The van der Waals surface area contributed by atoms with Crippen LogP contribution in [0.25, 0.3) is 27.7 Å². The van der Waals surface area contributed by atoms with Crippen molar-refractivity contribution in [2.75, 3.05) is 19.0 Å². The van der Waals surface area contributed by atoms with Gasteiger partial charge in [0.15, 0.2) is 0 Å². The van der Waals surface area contributed by atoms with Crippen LogP contribution in [0.4, 0.5) is 5.82 Å². The van der Waals surface area contributed by atoms with E-state index < -0.39 is 0 Å². The van der Waals surface area contributed by atoms with Gasteiger partial charge in [-0.25, -0.2) is 4.98 Å². The number of amides is 1. The quantitative estimate of drug-likeness (QED) is 0.293. The standard InChI is InChI=1S/C27H25ClN2O4/c1-5-33-26-17(3)27-22(23(15-34-27)18-7-6-8-20(12-18)32-4)13-21(26)16(2)11-25(31)30-24-10-9-19(28)14-29-24/h6-15H,5H2,1-4H3,(H,29,30,31)/b16-11+. The normalized spacial score (nSPS) is 11.5. The van der Waals surface area contributed by atoms with E-state index in [4.69, 9.17) is 25.5 Å². The number of pyridine rings is 1. The summed E-state index contributed by atoms with van der Waals surface area (Å²) in [4.78, 5) is 16.8. The van der Waals surface area contributed by atoms with Crippen molar-refractivity contribution in [3.8, 4) is 22.6 Å². The molecule has 0 saturated heterocycles. The number of fused-ring (bicyclic) bond motifs is 1. The van der Waals surface area contributed by atoms with Crippen molar-refractivity contribution in [2.45, 2.75) is 20.8 Å². The van der Waals surface area contributed by atoms with E-state index in [0.29, 0.717) is 23.2 Å². The number of benzene rings is 2. The third-order valence-electron chi connectivity index (χ3n) is 5.46. The SMILES string of the molecule is CCOc1c(/C(C)=C/C(=O)Nc2ccc(Cl)cn2)cc2c(-c3cccc(OC)c3)coc2c1C. The van der Waals surface area contributed by atoms with Gasteiger partial charge in [-0.1, -0.05) is 23.7 Å². The molecule has 0 atom stereocenters. The van der Waals surface area contributed by atoms with Crippen LogP contribution < -0.4 is 14.8 Å². The lowest BCUT2D eigenvalue weighted by Gasteiger charge is -2.15. The summed E-state index contributed by atoms with van der Waals surface area (Å²) in [5.41, 5.74) is 5.09. The number of ether oxygens (including phenoxy) is 2. The molecular formula is C27H25ClN2O4. The van der Waals surface area contributed by atoms with Crippen LogP contribution in [0.2, 0.25) is 5.02 Å². The molecule has 0 unspecified atom stereocenters. The van der Waals surface area contributed by atoms with Crippen molar-refractivity contribution in [1.29, 1.82) is 0 Å². The zero-order valence-corrected chi connectivity index (χ0v) is 20.2. The Kier molecular flexibility index (Phi) is 6.89. The largest absolute Gasteiger partial charge is 0.497 e. The molecule has 2 aromatic carbocycles. The number of allylic oxidation sites excluding steroid dienone is 1. The highest BCUT2D eigenvalue weighted by atomic mass is 35.5. The van der Waals surface area contributed by atoms with Crippen molar-refractivity contribution in [3.05, 3.63) is 77.2 Å². The average Bonchev–Trinajstić information content (AvgIpc) is 3.26. The number of carbonyl (C=O) groups excluding carboxylic acids is 1. The Morgan fingerprint density at radius 1 is 1.24 bits per heavy atom. The topological polar surface area (TPSA) is 73.6 Å². The second-order valence-corrected chi connectivity index (χ2v) is 8.18. The molecule has 174 valence electrons. The van der Waals surface area contributed by atoms with Crippen LogP contribution in [0, 0.1) is 6.92 Å². The number of aryl methyl sites for hydroxylation is 1. The second-order valence-electron chi connectivity index (χ2n) is 7.75. The fourth-order valence-electron chi connectivity index (χ4n) is 3.84. The van der Waals surface area contributed by atoms with Gasteiger partial charge in [-0.2, -0.15) is 0 Å². The van der Waals surface area contributed by atoms with Crippen LogP contribution in [0.15, 0.2) is 65.4 Å². The number of carbonyl (C=O) groups is 1. The Balaban J connectivity index is 1.78. The predicted molar refractivity (Wildman–Crippen MR) is 136 cm³/mol. The molecule has 0 bridgehead atoms. The number of aromatic nitrogens is 1. The number of furan rings is 1. The minimum atomic E-state index is -0.298.